The van der Waals surface area contributed by atoms with Gasteiger partial charge in [0.15, 0.2) is 6.04 Å². The average Bonchev–Trinajstić information content (AvgIpc) is 2.48. The largest absolute Gasteiger partial charge is 0.480 e. The Morgan fingerprint density at radius 2 is 1.84 bits per heavy atom. The van der Waals surface area contributed by atoms with E-state index >= 15 is 0 Å². The molecule has 0 aliphatic carbocycles. The van der Waals surface area contributed by atoms with Crippen LogP contribution in [0.1, 0.15) is 26.2 Å². The lowest BCUT2D eigenvalue weighted by Gasteiger charge is -2.17. The topological polar surface area (TPSA) is 201 Å². The van der Waals surface area contributed by atoms with Crippen LogP contribution in [0.2, 0.25) is 0 Å². The summed E-state index contributed by atoms with van der Waals surface area (Å²) in [5.74, 6) is -1.43. The molecular weight excluding hydrogens is 350 g/mol. The lowest BCUT2D eigenvalue weighted by atomic mass is 10.2. The van der Waals surface area contributed by atoms with Crippen LogP contribution in [0.3, 0.4) is 0 Å². The van der Waals surface area contributed by atoms with Gasteiger partial charge in [-0.15, -0.1) is 20.2 Å². The summed E-state index contributed by atoms with van der Waals surface area (Å²) in [5, 5.41) is 38.0. The monoisotopic (exact) mass is 369 g/mol. The zero-order valence-corrected chi connectivity index (χ0v) is 13.2. The van der Waals surface area contributed by atoms with Gasteiger partial charge in [0, 0.05) is 0 Å². The van der Waals surface area contributed by atoms with Crippen molar-refractivity contribution in [3.63, 3.8) is 0 Å². The van der Waals surface area contributed by atoms with E-state index in [2.05, 4.69) is 9.68 Å². The summed E-state index contributed by atoms with van der Waals surface area (Å²) >= 11 is 0. The summed E-state index contributed by atoms with van der Waals surface area (Å²) in [6.07, 6.45) is -3.01. The number of aliphatic carboxylic acids is 1. The summed E-state index contributed by atoms with van der Waals surface area (Å²) < 4.78 is 4.70. The predicted molar refractivity (Wildman–Crippen MR) is 76.3 cm³/mol. The molecule has 0 saturated heterocycles. The summed E-state index contributed by atoms with van der Waals surface area (Å²) in [7, 11) is 0. The summed E-state index contributed by atoms with van der Waals surface area (Å²) in [4.78, 5) is 50.7. The second-order valence-corrected chi connectivity index (χ2v) is 4.80. The van der Waals surface area contributed by atoms with E-state index in [1.807, 2.05) is 5.32 Å². The van der Waals surface area contributed by atoms with Gasteiger partial charge in [0.2, 0.25) is 0 Å². The molecule has 25 heavy (non-hydrogen) atoms. The first-order valence-corrected chi connectivity index (χ1v) is 7.06. The van der Waals surface area contributed by atoms with E-state index in [-0.39, 0.29) is 25.9 Å². The van der Waals surface area contributed by atoms with E-state index in [9.17, 15) is 34.9 Å². The number of ether oxygens (including phenoxy) is 1. The highest BCUT2D eigenvalue weighted by molar-refractivity contribution is 5.80. The van der Waals surface area contributed by atoms with Gasteiger partial charge in [-0.2, -0.15) is 0 Å². The molecule has 14 nitrogen and oxygen atoms in total. The number of aliphatic hydroxyl groups is 1. The van der Waals surface area contributed by atoms with Crippen LogP contribution in [0.5, 0.6) is 0 Å². The average molecular weight is 369 g/mol. The van der Waals surface area contributed by atoms with Gasteiger partial charge in [0.25, 0.3) is 10.2 Å². The minimum Gasteiger partial charge on any atom is -0.480 e. The minimum absolute atomic E-state index is 0.0330. The highest BCUT2D eigenvalue weighted by Crippen LogP contribution is 2.07. The first kappa shape index (κ1) is 22.1. The van der Waals surface area contributed by atoms with Crippen LogP contribution in [0, 0.1) is 20.2 Å². The zero-order chi connectivity index (χ0) is 19.4. The number of carboxylic acids is 1. The standard InChI is InChI=1S/C11H19N3O11/c1-7(15)9(10(16)17)12-11(18)23-5-3-2-4-8(25-14(21)22)6-24-13(19)20/h7-9,15H,2-6H2,1H3,(H,12,18)(H,16,17). The number of carboxylic acid groups (broad SMARTS) is 1. The second-order valence-electron chi connectivity index (χ2n) is 4.80. The molecule has 0 spiro atoms. The van der Waals surface area contributed by atoms with Gasteiger partial charge in [-0.1, -0.05) is 0 Å². The molecule has 0 bridgehead atoms. The summed E-state index contributed by atoms with van der Waals surface area (Å²) in [6.45, 7) is 0.421. The van der Waals surface area contributed by atoms with Crippen LogP contribution < -0.4 is 5.32 Å². The number of nitrogens with one attached hydrogen (secondary N) is 1. The van der Waals surface area contributed by atoms with Crippen molar-refractivity contribution in [2.24, 2.45) is 0 Å². The van der Waals surface area contributed by atoms with Crippen LogP contribution >= 0.6 is 0 Å². The number of hydrogen-bond donors (Lipinski definition) is 3. The molecule has 3 unspecified atom stereocenters. The third-order valence-corrected chi connectivity index (χ3v) is 2.78. The Labute approximate surface area is 140 Å². The van der Waals surface area contributed by atoms with Crippen molar-refractivity contribution in [1.82, 2.24) is 5.32 Å². The van der Waals surface area contributed by atoms with Crippen molar-refractivity contribution in [3.8, 4) is 0 Å². The zero-order valence-electron chi connectivity index (χ0n) is 13.2. The number of unbranched alkanes of at least 4 members (excludes halogenated alkanes) is 1. The van der Waals surface area contributed by atoms with Crippen LogP contribution in [0.25, 0.3) is 0 Å². The van der Waals surface area contributed by atoms with Crippen molar-refractivity contribution in [2.45, 2.75) is 44.4 Å². The molecule has 0 saturated carbocycles. The number of hydrogen-bond acceptors (Lipinski definition) is 10. The Balaban J connectivity index is 4.07. The molecule has 0 rings (SSSR count). The maximum Gasteiger partial charge on any atom is 0.407 e. The fourth-order valence-electron chi connectivity index (χ4n) is 1.63. The van der Waals surface area contributed by atoms with E-state index in [0.717, 1.165) is 0 Å². The number of aliphatic hydroxyl groups excluding tert-OH is 1. The fraction of sp³-hybridized carbons (Fsp3) is 0.818. The van der Waals surface area contributed by atoms with Crippen molar-refractivity contribution >= 4 is 12.1 Å². The first-order chi connectivity index (χ1) is 11.6. The minimum atomic E-state index is -1.52. The van der Waals surface area contributed by atoms with Gasteiger partial charge in [0.05, 0.1) is 12.7 Å². The Morgan fingerprint density at radius 1 is 1.20 bits per heavy atom. The highest BCUT2D eigenvalue weighted by Gasteiger charge is 2.25. The fourth-order valence-corrected chi connectivity index (χ4v) is 1.63. The molecule has 0 heterocycles. The Morgan fingerprint density at radius 3 is 2.32 bits per heavy atom. The number of carbonyl (C=O) groups is 2. The number of amides is 1. The lowest BCUT2D eigenvalue weighted by Crippen LogP contribution is -2.47. The molecule has 0 aromatic heterocycles. The first-order valence-electron chi connectivity index (χ1n) is 7.06. The van der Waals surface area contributed by atoms with E-state index in [1.54, 1.807) is 0 Å². The normalized spacial score (nSPS) is 13.8. The number of nitrogens with zero attached hydrogens (tertiary/aromatic N) is 2. The number of alkyl carbamates (subject to hydrolysis) is 1. The highest BCUT2D eigenvalue weighted by atomic mass is 17.0. The number of carbonyl (C=O) groups excluding carboxylic acids is 1. The molecule has 0 aliphatic rings. The van der Waals surface area contributed by atoms with Gasteiger partial charge < -0.3 is 29.9 Å². The van der Waals surface area contributed by atoms with Gasteiger partial charge >= 0.3 is 12.1 Å². The Kier molecular flexibility index (Phi) is 10.3. The quantitative estimate of drug-likeness (QED) is 0.214. The van der Waals surface area contributed by atoms with E-state index in [4.69, 9.17) is 9.84 Å². The van der Waals surface area contributed by atoms with Crippen LogP contribution in [0.4, 0.5) is 4.79 Å². The SMILES string of the molecule is CC(O)C(NC(=O)OCCCCC(CO[N+](=O)[O-])O[N+](=O)[O-])C(=O)O. The van der Waals surface area contributed by atoms with Gasteiger partial charge in [0.1, 0.15) is 12.7 Å². The molecule has 3 atom stereocenters. The molecule has 144 valence electrons. The molecule has 1 amide bonds. The van der Waals surface area contributed by atoms with Crippen molar-refractivity contribution in [1.29, 1.82) is 0 Å². The predicted octanol–water partition coefficient (Wildman–Crippen LogP) is -0.498. The van der Waals surface area contributed by atoms with E-state index < -0.39 is 47.1 Å². The molecule has 3 N–H and O–H groups in total. The summed E-state index contributed by atoms with van der Waals surface area (Å²) in [6, 6.07) is -1.52. The third-order valence-electron chi connectivity index (χ3n) is 2.78. The van der Waals surface area contributed by atoms with Crippen molar-refractivity contribution in [2.75, 3.05) is 13.2 Å². The smallest absolute Gasteiger partial charge is 0.407 e. The maximum atomic E-state index is 11.4. The number of rotatable bonds is 13. The van der Waals surface area contributed by atoms with Gasteiger partial charge in [-0.3, -0.25) is 0 Å². The molecule has 0 aromatic rings. The molecule has 0 aliphatic heterocycles. The Hall–Kier alpha value is -2.90. The molecular formula is C11H19N3O11. The maximum absolute atomic E-state index is 11.4. The van der Waals surface area contributed by atoms with Crippen LogP contribution in [-0.4, -0.2) is 63.9 Å². The molecule has 0 fully saturated rings. The van der Waals surface area contributed by atoms with Crippen LogP contribution in [-0.2, 0) is 19.2 Å². The summed E-state index contributed by atoms with van der Waals surface area (Å²) in [5.41, 5.74) is 0. The second kappa shape index (κ2) is 11.6. The van der Waals surface area contributed by atoms with Gasteiger partial charge in [-0.25, -0.2) is 9.59 Å². The van der Waals surface area contributed by atoms with E-state index in [1.165, 1.54) is 6.92 Å². The van der Waals surface area contributed by atoms with E-state index in [0.29, 0.717) is 0 Å². The third kappa shape index (κ3) is 11.3. The van der Waals surface area contributed by atoms with Crippen molar-refractivity contribution < 1.29 is 44.4 Å². The molecule has 14 heteroatoms. The molecule has 0 radical (unpaired) electrons. The van der Waals surface area contributed by atoms with Crippen LogP contribution in [0.15, 0.2) is 0 Å². The lowest BCUT2D eigenvalue weighted by molar-refractivity contribution is -0.790. The van der Waals surface area contributed by atoms with Gasteiger partial charge in [-0.05, 0) is 26.2 Å². The molecule has 0 aromatic carbocycles. The Bertz CT molecular complexity index is 470. The van der Waals surface area contributed by atoms with Crippen molar-refractivity contribution in [3.05, 3.63) is 20.2 Å².